The summed E-state index contributed by atoms with van der Waals surface area (Å²) in [5, 5.41) is 9.45. The SMILES string of the molecule is CC1=C(C#N)C(=O)N([C@@H]2CCS(=O)(=O)C2)C(=O)/C1=C\c1ccc(N(C)C)cc1. The summed E-state index contributed by atoms with van der Waals surface area (Å²) in [6.45, 7) is 1.57. The van der Waals surface area contributed by atoms with E-state index in [0.717, 1.165) is 16.2 Å². The Morgan fingerprint density at radius 2 is 1.82 bits per heavy atom. The van der Waals surface area contributed by atoms with Crippen molar-refractivity contribution in [3.05, 3.63) is 46.5 Å². The van der Waals surface area contributed by atoms with Crippen LogP contribution in [0.4, 0.5) is 5.69 Å². The van der Waals surface area contributed by atoms with Crippen molar-refractivity contribution < 1.29 is 18.0 Å². The van der Waals surface area contributed by atoms with Gasteiger partial charge in [-0.15, -0.1) is 0 Å². The van der Waals surface area contributed by atoms with Crippen LogP contribution in [-0.2, 0) is 19.4 Å². The van der Waals surface area contributed by atoms with Crippen LogP contribution in [-0.4, -0.2) is 56.8 Å². The van der Waals surface area contributed by atoms with E-state index in [0.29, 0.717) is 5.57 Å². The van der Waals surface area contributed by atoms with Crippen LogP contribution in [0.5, 0.6) is 0 Å². The van der Waals surface area contributed by atoms with Gasteiger partial charge in [0.1, 0.15) is 11.6 Å². The first kappa shape index (κ1) is 19.8. The molecule has 0 saturated carbocycles. The lowest BCUT2D eigenvalue weighted by molar-refractivity contribution is -0.142. The van der Waals surface area contributed by atoms with Gasteiger partial charge in [0.15, 0.2) is 9.84 Å². The molecule has 1 aromatic rings. The Morgan fingerprint density at radius 3 is 2.32 bits per heavy atom. The molecule has 1 aromatic carbocycles. The van der Waals surface area contributed by atoms with Crippen molar-refractivity contribution in [2.75, 3.05) is 30.5 Å². The Hall–Kier alpha value is -2.92. The number of imide groups is 1. The minimum atomic E-state index is -3.29. The quantitative estimate of drug-likeness (QED) is 0.565. The number of benzene rings is 1. The third-order valence-electron chi connectivity index (χ3n) is 5.07. The highest BCUT2D eigenvalue weighted by Crippen LogP contribution is 2.31. The van der Waals surface area contributed by atoms with E-state index in [1.54, 1.807) is 13.0 Å². The van der Waals surface area contributed by atoms with Crippen LogP contribution in [0.3, 0.4) is 0 Å². The molecule has 1 saturated heterocycles. The zero-order valence-corrected chi connectivity index (χ0v) is 16.8. The van der Waals surface area contributed by atoms with Crippen molar-refractivity contribution in [2.24, 2.45) is 0 Å². The first-order valence-electron chi connectivity index (χ1n) is 8.83. The maximum Gasteiger partial charge on any atom is 0.271 e. The van der Waals surface area contributed by atoms with Crippen molar-refractivity contribution in [3.63, 3.8) is 0 Å². The molecule has 3 rings (SSSR count). The van der Waals surface area contributed by atoms with Gasteiger partial charge in [-0.1, -0.05) is 12.1 Å². The maximum atomic E-state index is 13.1. The number of hydrogen-bond acceptors (Lipinski definition) is 6. The van der Waals surface area contributed by atoms with Crippen LogP contribution in [0.2, 0.25) is 0 Å². The Bertz CT molecular complexity index is 1040. The summed E-state index contributed by atoms with van der Waals surface area (Å²) in [5.41, 5.74) is 2.17. The number of nitrogens with zero attached hydrogens (tertiary/aromatic N) is 3. The van der Waals surface area contributed by atoms with Gasteiger partial charge in [0.25, 0.3) is 11.8 Å². The first-order chi connectivity index (χ1) is 13.1. The van der Waals surface area contributed by atoms with Crippen LogP contribution in [0.15, 0.2) is 41.0 Å². The Labute approximate surface area is 164 Å². The van der Waals surface area contributed by atoms with Crippen molar-refractivity contribution in [3.8, 4) is 6.07 Å². The Morgan fingerprint density at radius 1 is 1.18 bits per heavy atom. The highest BCUT2D eigenvalue weighted by Gasteiger charge is 2.43. The van der Waals surface area contributed by atoms with Crippen LogP contribution < -0.4 is 4.90 Å². The van der Waals surface area contributed by atoms with Gasteiger partial charge in [-0.3, -0.25) is 14.5 Å². The summed E-state index contributed by atoms with van der Waals surface area (Å²) in [6.07, 6.45) is 1.83. The van der Waals surface area contributed by atoms with Crippen LogP contribution in [0, 0.1) is 11.3 Å². The van der Waals surface area contributed by atoms with E-state index < -0.39 is 27.7 Å². The average molecular weight is 399 g/mol. The number of carbonyl (C=O) groups excluding carboxylic acids is 2. The smallest absolute Gasteiger partial charge is 0.271 e. The summed E-state index contributed by atoms with van der Waals surface area (Å²) in [5.74, 6) is -1.59. The number of carbonyl (C=O) groups is 2. The molecule has 7 nitrogen and oxygen atoms in total. The summed E-state index contributed by atoms with van der Waals surface area (Å²) in [6, 6.07) is 8.63. The predicted molar refractivity (Wildman–Crippen MR) is 106 cm³/mol. The Balaban J connectivity index is 2.04. The van der Waals surface area contributed by atoms with Gasteiger partial charge in [-0.05, 0) is 42.7 Å². The van der Waals surface area contributed by atoms with Gasteiger partial charge in [0, 0.05) is 25.4 Å². The van der Waals surface area contributed by atoms with Crippen molar-refractivity contribution in [1.82, 2.24) is 4.90 Å². The molecule has 0 radical (unpaired) electrons. The lowest BCUT2D eigenvalue weighted by atomic mass is 9.92. The monoisotopic (exact) mass is 399 g/mol. The van der Waals surface area contributed by atoms with E-state index in [1.807, 2.05) is 49.3 Å². The lowest BCUT2D eigenvalue weighted by Gasteiger charge is -2.31. The van der Waals surface area contributed by atoms with E-state index in [4.69, 9.17) is 0 Å². The number of amides is 2. The van der Waals surface area contributed by atoms with E-state index in [9.17, 15) is 23.3 Å². The predicted octanol–water partition coefficient (Wildman–Crippen LogP) is 1.53. The minimum absolute atomic E-state index is 0.0651. The topological polar surface area (TPSA) is 98.5 Å². The molecule has 0 spiro atoms. The first-order valence-corrected chi connectivity index (χ1v) is 10.7. The second kappa shape index (κ2) is 7.24. The fourth-order valence-corrected chi connectivity index (χ4v) is 5.15. The molecule has 28 heavy (non-hydrogen) atoms. The van der Waals surface area contributed by atoms with Crippen molar-refractivity contribution >= 4 is 33.4 Å². The highest BCUT2D eigenvalue weighted by atomic mass is 32.2. The number of hydrogen-bond donors (Lipinski definition) is 0. The van der Waals surface area contributed by atoms with Gasteiger partial charge in [0.2, 0.25) is 0 Å². The summed E-state index contributed by atoms with van der Waals surface area (Å²) < 4.78 is 23.7. The molecule has 0 bridgehead atoms. The second-order valence-electron chi connectivity index (χ2n) is 7.19. The van der Waals surface area contributed by atoms with Crippen LogP contribution in [0.25, 0.3) is 6.08 Å². The zero-order chi connectivity index (χ0) is 20.6. The van der Waals surface area contributed by atoms with E-state index in [2.05, 4.69) is 0 Å². The van der Waals surface area contributed by atoms with Gasteiger partial charge in [-0.2, -0.15) is 5.26 Å². The molecule has 2 heterocycles. The van der Waals surface area contributed by atoms with Crippen molar-refractivity contribution in [1.29, 1.82) is 5.26 Å². The van der Waals surface area contributed by atoms with Gasteiger partial charge in [-0.25, -0.2) is 8.42 Å². The molecular weight excluding hydrogens is 378 g/mol. The summed E-state index contributed by atoms with van der Waals surface area (Å²) in [7, 11) is 0.552. The molecule has 146 valence electrons. The summed E-state index contributed by atoms with van der Waals surface area (Å²) >= 11 is 0. The van der Waals surface area contributed by atoms with E-state index in [1.165, 1.54) is 0 Å². The van der Waals surface area contributed by atoms with E-state index >= 15 is 0 Å². The summed E-state index contributed by atoms with van der Waals surface area (Å²) in [4.78, 5) is 28.7. The van der Waals surface area contributed by atoms with Gasteiger partial charge < -0.3 is 4.90 Å². The normalized spacial score (nSPS) is 23.3. The second-order valence-corrected chi connectivity index (χ2v) is 9.42. The molecule has 1 atom stereocenters. The molecule has 1 fully saturated rings. The molecule has 0 unspecified atom stereocenters. The largest absolute Gasteiger partial charge is 0.378 e. The third kappa shape index (κ3) is 3.58. The third-order valence-corrected chi connectivity index (χ3v) is 6.82. The molecule has 0 aliphatic carbocycles. The highest BCUT2D eigenvalue weighted by molar-refractivity contribution is 7.91. The molecule has 0 aromatic heterocycles. The lowest BCUT2D eigenvalue weighted by Crippen LogP contribution is -2.49. The molecule has 2 amide bonds. The fraction of sp³-hybridized carbons (Fsp3) is 0.350. The number of sulfone groups is 1. The van der Waals surface area contributed by atoms with Crippen LogP contribution in [0.1, 0.15) is 18.9 Å². The van der Waals surface area contributed by atoms with Crippen molar-refractivity contribution in [2.45, 2.75) is 19.4 Å². The average Bonchev–Trinajstić information content (AvgIpc) is 2.99. The Kier molecular flexibility index (Phi) is 5.13. The maximum absolute atomic E-state index is 13.1. The fourth-order valence-electron chi connectivity index (χ4n) is 3.45. The van der Waals surface area contributed by atoms with Gasteiger partial charge in [0.05, 0.1) is 17.5 Å². The molecule has 8 heteroatoms. The van der Waals surface area contributed by atoms with E-state index in [-0.39, 0.29) is 29.1 Å². The molecular formula is C20H21N3O4S. The number of anilines is 1. The number of rotatable bonds is 3. The minimum Gasteiger partial charge on any atom is -0.378 e. The zero-order valence-electron chi connectivity index (χ0n) is 16.0. The molecule has 2 aliphatic heterocycles. The molecule has 0 N–H and O–H groups in total. The number of nitriles is 1. The van der Waals surface area contributed by atoms with Crippen LogP contribution >= 0.6 is 0 Å². The van der Waals surface area contributed by atoms with Gasteiger partial charge >= 0.3 is 0 Å². The standard InChI is InChI=1S/C20H21N3O4S/c1-13-17(10-14-4-6-15(7-5-14)22(2)3)19(24)23(20(25)18(13)11-21)16-8-9-28(26,27)12-16/h4-7,10,16H,8-9,12H2,1-3H3/b17-10-/t16-/m1/s1. The molecule has 2 aliphatic rings.